The van der Waals surface area contributed by atoms with Gasteiger partial charge < -0.3 is 5.11 Å². The van der Waals surface area contributed by atoms with E-state index in [0.29, 0.717) is 11.6 Å². The van der Waals surface area contributed by atoms with Crippen molar-refractivity contribution in [2.45, 2.75) is 58.0 Å². The smallest absolute Gasteiger partial charge is 0.130 e. The van der Waals surface area contributed by atoms with E-state index in [1.807, 2.05) is 14.0 Å². The van der Waals surface area contributed by atoms with E-state index in [4.69, 9.17) is 11.6 Å². The minimum Gasteiger partial charge on any atom is -0.390 e. The van der Waals surface area contributed by atoms with Crippen LogP contribution < -0.4 is 0 Å². The van der Waals surface area contributed by atoms with E-state index in [9.17, 15) is 5.11 Å². The molecule has 0 aliphatic heterocycles. The highest BCUT2D eigenvalue weighted by atomic mass is 35.5. The Morgan fingerprint density at radius 3 is 2.50 bits per heavy atom. The van der Waals surface area contributed by atoms with Gasteiger partial charge in [-0.05, 0) is 38.5 Å². The van der Waals surface area contributed by atoms with Crippen LogP contribution in [0.3, 0.4) is 0 Å². The number of aliphatic hydroxyl groups is 1. The lowest BCUT2D eigenvalue weighted by molar-refractivity contribution is -0.00933. The van der Waals surface area contributed by atoms with Gasteiger partial charge in [0.05, 0.1) is 11.3 Å². The SMILES string of the molecule is CCC1CCC(O)(Cc2c(C)nn(C)c2Cl)CC1. The molecular formula is C14H23ClN2O. The first-order chi connectivity index (χ1) is 8.45. The van der Waals surface area contributed by atoms with E-state index in [0.717, 1.165) is 42.9 Å². The van der Waals surface area contributed by atoms with Gasteiger partial charge in [-0.2, -0.15) is 5.10 Å². The highest BCUT2D eigenvalue weighted by Crippen LogP contribution is 2.37. The first kappa shape index (κ1) is 13.9. The van der Waals surface area contributed by atoms with Crippen molar-refractivity contribution in [1.29, 1.82) is 0 Å². The Labute approximate surface area is 114 Å². The summed E-state index contributed by atoms with van der Waals surface area (Å²) in [6.07, 6.45) is 5.89. The Hall–Kier alpha value is -0.540. The molecule has 1 heterocycles. The first-order valence-corrected chi connectivity index (χ1v) is 7.23. The molecule has 1 N–H and O–H groups in total. The lowest BCUT2D eigenvalue weighted by Gasteiger charge is -2.35. The fraction of sp³-hybridized carbons (Fsp3) is 0.786. The molecule has 0 amide bonds. The van der Waals surface area contributed by atoms with Crippen LogP contribution in [-0.2, 0) is 13.5 Å². The van der Waals surface area contributed by atoms with Crippen LogP contribution in [-0.4, -0.2) is 20.5 Å². The quantitative estimate of drug-likeness (QED) is 0.916. The molecule has 0 saturated heterocycles. The average molecular weight is 271 g/mol. The number of aryl methyl sites for hydroxylation is 2. The van der Waals surface area contributed by atoms with Crippen molar-refractivity contribution < 1.29 is 5.11 Å². The molecule has 2 rings (SSSR count). The monoisotopic (exact) mass is 270 g/mol. The van der Waals surface area contributed by atoms with Crippen molar-refractivity contribution >= 4 is 11.6 Å². The summed E-state index contributed by atoms with van der Waals surface area (Å²) < 4.78 is 1.69. The number of rotatable bonds is 3. The molecule has 18 heavy (non-hydrogen) atoms. The first-order valence-electron chi connectivity index (χ1n) is 6.85. The second kappa shape index (κ2) is 5.22. The molecule has 4 heteroatoms. The van der Waals surface area contributed by atoms with Gasteiger partial charge in [0.15, 0.2) is 0 Å². The van der Waals surface area contributed by atoms with Gasteiger partial charge in [0.2, 0.25) is 0 Å². The zero-order valence-corrected chi connectivity index (χ0v) is 12.3. The predicted molar refractivity (Wildman–Crippen MR) is 73.9 cm³/mol. The molecule has 1 aliphatic rings. The summed E-state index contributed by atoms with van der Waals surface area (Å²) >= 11 is 6.24. The molecule has 0 spiro atoms. The van der Waals surface area contributed by atoms with Crippen molar-refractivity contribution in [3.8, 4) is 0 Å². The minimum atomic E-state index is -0.580. The van der Waals surface area contributed by atoms with Crippen molar-refractivity contribution in [1.82, 2.24) is 9.78 Å². The van der Waals surface area contributed by atoms with E-state index >= 15 is 0 Å². The van der Waals surface area contributed by atoms with E-state index in [1.165, 1.54) is 6.42 Å². The Bertz CT molecular complexity index is 420. The Kier molecular flexibility index (Phi) is 4.02. The number of hydrogen-bond acceptors (Lipinski definition) is 2. The average Bonchev–Trinajstić information content (AvgIpc) is 2.57. The molecule has 1 saturated carbocycles. The molecule has 1 aromatic heterocycles. The molecule has 3 nitrogen and oxygen atoms in total. The lowest BCUT2D eigenvalue weighted by Crippen LogP contribution is -2.36. The molecule has 1 aromatic rings. The number of aromatic nitrogens is 2. The zero-order valence-electron chi connectivity index (χ0n) is 11.5. The van der Waals surface area contributed by atoms with Gasteiger partial charge in [0.1, 0.15) is 5.15 Å². The lowest BCUT2D eigenvalue weighted by atomic mass is 9.75. The molecule has 0 radical (unpaired) electrons. The highest BCUT2D eigenvalue weighted by Gasteiger charge is 2.34. The highest BCUT2D eigenvalue weighted by molar-refractivity contribution is 6.30. The van der Waals surface area contributed by atoms with Crippen molar-refractivity contribution in [3.63, 3.8) is 0 Å². The molecule has 0 unspecified atom stereocenters. The molecule has 102 valence electrons. The maximum absolute atomic E-state index is 10.7. The fourth-order valence-electron chi connectivity index (χ4n) is 3.00. The third-order valence-electron chi connectivity index (χ3n) is 4.39. The van der Waals surface area contributed by atoms with Crippen LogP contribution in [0.15, 0.2) is 0 Å². The number of hydrogen-bond donors (Lipinski definition) is 1. The van der Waals surface area contributed by atoms with Gasteiger partial charge in [-0.15, -0.1) is 0 Å². The van der Waals surface area contributed by atoms with Crippen molar-refractivity contribution in [2.75, 3.05) is 0 Å². The van der Waals surface area contributed by atoms with Gasteiger partial charge in [0, 0.05) is 19.0 Å². The van der Waals surface area contributed by atoms with E-state index in [2.05, 4.69) is 12.0 Å². The molecule has 0 aromatic carbocycles. The molecule has 1 fully saturated rings. The maximum Gasteiger partial charge on any atom is 0.130 e. The van der Waals surface area contributed by atoms with Crippen LogP contribution in [0.2, 0.25) is 5.15 Å². The minimum absolute atomic E-state index is 0.580. The summed E-state index contributed by atoms with van der Waals surface area (Å²) in [4.78, 5) is 0. The topological polar surface area (TPSA) is 38.1 Å². The fourth-order valence-corrected chi connectivity index (χ4v) is 3.25. The number of nitrogens with zero attached hydrogens (tertiary/aromatic N) is 2. The standard InChI is InChI=1S/C14H23ClN2O/c1-4-11-5-7-14(18,8-6-11)9-12-10(2)16-17(3)13(12)15/h11,18H,4-9H2,1-3H3. The van der Waals surface area contributed by atoms with Crippen LogP contribution in [0.5, 0.6) is 0 Å². The second-order valence-electron chi connectivity index (χ2n) is 5.73. The van der Waals surface area contributed by atoms with Crippen LogP contribution in [0, 0.1) is 12.8 Å². The Balaban J connectivity index is 2.09. The Morgan fingerprint density at radius 1 is 1.44 bits per heavy atom. The molecule has 1 aliphatic carbocycles. The summed E-state index contributed by atoms with van der Waals surface area (Å²) in [6, 6.07) is 0. The van der Waals surface area contributed by atoms with Crippen LogP contribution in [0.4, 0.5) is 0 Å². The van der Waals surface area contributed by atoms with Gasteiger partial charge >= 0.3 is 0 Å². The van der Waals surface area contributed by atoms with Crippen molar-refractivity contribution in [3.05, 3.63) is 16.4 Å². The van der Waals surface area contributed by atoms with Gasteiger partial charge in [-0.25, -0.2) is 0 Å². The third kappa shape index (κ3) is 2.72. The normalized spacial score (nSPS) is 28.6. The summed E-state index contributed by atoms with van der Waals surface area (Å²) in [6.45, 7) is 4.19. The van der Waals surface area contributed by atoms with Crippen molar-refractivity contribution in [2.24, 2.45) is 13.0 Å². The van der Waals surface area contributed by atoms with Gasteiger partial charge in [-0.1, -0.05) is 24.9 Å². The largest absolute Gasteiger partial charge is 0.390 e. The second-order valence-corrected chi connectivity index (χ2v) is 6.09. The van der Waals surface area contributed by atoms with Crippen LogP contribution >= 0.6 is 11.6 Å². The zero-order chi connectivity index (χ0) is 13.3. The Morgan fingerprint density at radius 2 is 2.06 bits per heavy atom. The maximum atomic E-state index is 10.7. The van der Waals surface area contributed by atoms with Gasteiger partial charge in [0.25, 0.3) is 0 Å². The van der Waals surface area contributed by atoms with Crippen LogP contribution in [0.25, 0.3) is 0 Å². The van der Waals surface area contributed by atoms with Gasteiger partial charge in [-0.3, -0.25) is 4.68 Å². The van der Waals surface area contributed by atoms with Crippen LogP contribution in [0.1, 0.15) is 50.3 Å². The summed E-state index contributed by atoms with van der Waals surface area (Å²) in [5.74, 6) is 0.788. The summed E-state index contributed by atoms with van der Waals surface area (Å²) in [5, 5.41) is 15.7. The number of halogens is 1. The van der Waals surface area contributed by atoms with E-state index < -0.39 is 5.60 Å². The molecule has 0 atom stereocenters. The molecular weight excluding hydrogens is 248 g/mol. The molecule has 0 bridgehead atoms. The van der Waals surface area contributed by atoms with E-state index in [1.54, 1.807) is 4.68 Å². The third-order valence-corrected chi connectivity index (χ3v) is 4.86. The predicted octanol–water partition coefficient (Wildman–Crippen LogP) is 3.26. The van der Waals surface area contributed by atoms with E-state index in [-0.39, 0.29) is 0 Å². The summed E-state index contributed by atoms with van der Waals surface area (Å²) in [7, 11) is 1.84. The summed E-state index contributed by atoms with van der Waals surface area (Å²) in [5.41, 5.74) is 1.37.